The topological polar surface area (TPSA) is 45.2 Å². The van der Waals surface area contributed by atoms with Gasteiger partial charge < -0.3 is 14.6 Å². The number of likely N-dealkylation sites (tertiary alicyclic amines) is 1. The van der Waals surface area contributed by atoms with Crippen LogP contribution in [0.15, 0.2) is 54.6 Å². The second-order valence-electron chi connectivity index (χ2n) is 7.87. The summed E-state index contributed by atoms with van der Waals surface area (Å²) in [5, 5.41) is 10.3. The van der Waals surface area contributed by atoms with E-state index in [0.717, 1.165) is 31.2 Å². The Balaban J connectivity index is 1.38. The fourth-order valence-electron chi connectivity index (χ4n) is 3.71. The Morgan fingerprint density at radius 3 is 2.52 bits per heavy atom. The molecule has 3 rings (SSSR count). The average Bonchev–Trinajstić information content (AvgIpc) is 2.74. The Bertz CT molecular complexity index is 704. The van der Waals surface area contributed by atoms with Gasteiger partial charge in [0.15, 0.2) is 0 Å². The van der Waals surface area contributed by atoms with Gasteiger partial charge in [0.25, 0.3) is 0 Å². The van der Waals surface area contributed by atoms with Crippen LogP contribution >= 0.6 is 0 Å². The largest absolute Gasteiger partial charge is 0.492 e. The average molecular weight is 399 g/mol. The quantitative estimate of drug-likeness (QED) is 0.628. The number of aliphatic hydroxyl groups excluding tert-OH is 1. The van der Waals surface area contributed by atoms with Gasteiger partial charge in [0.05, 0.1) is 0 Å². The number of ether oxygens (including phenoxy) is 2. The maximum absolute atomic E-state index is 10.3. The number of benzene rings is 2. The van der Waals surface area contributed by atoms with Crippen molar-refractivity contribution >= 4 is 0 Å². The third kappa shape index (κ3) is 8.05. The van der Waals surface area contributed by atoms with Gasteiger partial charge in [-0.05, 0) is 62.8 Å². The molecule has 1 saturated heterocycles. The zero-order valence-corrected chi connectivity index (χ0v) is 17.5. The molecule has 0 saturated carbocycles. The second kappa shape index (κ2) is 11.8. The van der Waals surface area contributed by atoms with Gasteiger partial charge in [-0.2, -0.15) is 0 Å². The normalized spacial score (nSPS) is 16.0. The van der Waals surface area contributed by atoms with Crippen LogP contribution in [-0.2, 0) is 6.54 Å². The molecule has 2 aromatic rings. The Morgan fingerprint density at radius 2 is 1.72 bits per heavy atom. The monoisotopic (exact) mass is 398 g/mol. The highest BCUT2D eigenvalue weighted by Gasteiger charge is 2.11. The van der Waals surface area contributed by atoms with Crippen LogP contribution in [0.25, 0.3) is 0 Å². The molecule has 0 radical (unpaired) electrons. The Labute approximate surface area is 174 Å². The third-order valence-electron chi connectivity index (χ3n) is 5.18. The number of para-hydroxylation sites is 1. The van der Waals surface area contributed by atoms with Crippen LogP contribution in [0.5, 0.6) is 11.5 Å². The molecule has 0 bridgehead atoms. The number of hydrogen-bond donors (Lipinski definition) is 1. The molecule has 0 aliphatic carbocycles. The van der Waals surface area contributed by atoms with E-state index in [1.807, 2.05) is 49.5 Å². The molecule has 0 spiro atoms. The molecule has 5 heteroatoms. The van der Waals surface area contributed by atoms with E-state index >= 15 is 0 Å². The van der Waals surface area contributed by atoms with Crippen molar-refractivity contribution in [2.75, 3.05) is 46.4 Å². The molecular formula is C24H34N2O3. The molecule has 1 aliphatic rings. The van der Waals surface area contributed by atoms with Gasteiger partial charge in [0.2, 0.25) is 0 Å². The van der Waals surface area contributed by atoms with Gasteiger partial charge in [0, 0.05) is 19.6 Å². The molecule has 2 aromatic carbocycles. The minimum atomic E-state index is -0.538. The number of piperidine rings is 1. The number of aliphatic hydroxyl groups is 1. The molecule has 1 atom stereocenters. The van der Waals surface area contributed by atoms with Crippen LogP contribution < -0.4 is 9.47 Å². The lowest BCUT2D eigenvalue weighted by Gasteiger charge is -2.26. The van der Waals surface area contributed by atoms with Gasteiger partial charge in [-0.15, -0.1) is 0 Å². The van der Waals surface area contributed by atoms with E-state index < -0.39 is 6.10 Å². The molecule has 158 valence electrons. The van der Waals surface area contributed by atoms with Crippen molar-refractivity contribution < 1.29 is 14.6 Å². The van der Waals surface area contributed by atoms with E-state index in [-0.39, 0.29) is 6.61 Å². The fourth-order valence-corrected chi connectivity index (χ4v) is 3.71. The Morgan fingerprint density at radius 1 is 0.966 bits per heavy atom. The highest BCUT2D eigenvalue weighted by Crippen LogP contribution is 2.16. The highest BCUT2D eigenvalue weighted by molar-refractivity contribution is 5.28. The molecule has 0 amide bonds. The first kappa shape index (κ1) is 21.6. The van der Waals surface area contributed by atoms with Crippen molar-refractivity contribution in [1.82, 2.24) is 9.80 Å². The SMILES string of the molecule is CN(Cc1cccc(OCCN2CCCCC2)c1)C[C@@H](O)COc1ccccc1. The lowest BCUT2D eigenvalue weighted by atomic mass is 10.1. The summed E-state index contributed by atoms with van der Waals surface area (Å²) in [4.78, 5) is 4.59. The summed E-state index contributed by atoms with van der Waals surface area (Å²) in [6.45, 7) is 5.72. The second-order valence-corrected chi connectivity index (χ2v) is 7.87. The molecular weight excluding hydrogens is 364 g/mol. The maximum atomic E-state index is 10.3. The smallest absolute Gasteiger partial charge is 0.119 e. The van der Waals surface area contributed by atoms with Gasteiger partial charge in [0.1, 0.15) is 30.8 Å². The highest BCUT2D eigenvalue weighted by atomic mass is 16.5. The maximum Gasteiger partial charge on any atom is 0.119 e. The minimum Gasteiger partial charge on any atom is -0.492 e. The summed E-state index contributed by atoms with van der Waals surface area (Å²) in [6.07, 6.45) is 3.44. The van der Waals surface area contributed by atoms with Gasteiger partial charge in [-0.1, -0.05) is 36.8 Å². The van der Waals surface area contributed by atoms with Crippen LogP contribution in [0.3, 0.4) is 0 Å². The molecule has 0 unspecified atom stereocenters. The van der Waals surface area contributed by atoms with Crippen molar-refractivity contribution in [3.63, 3.8) is 0 Å². The molecule has 29 heavy (non-hydrogen) atoms. The van der Waals surface area contributed by atoms with Gasteiger partial charge in [-0.3, -0.25) is 9.80 Å². The summed E-state index contributed by atoms with van der Waals surface area (Å²) in [5.74, 6) is 1.70. The van der Waals surface area contributed by atoms with Crippen molar-refractivity contribution in [2.24, 2.45) is 0 Å². The fraction of sp³-hybridized carbons (Fsp3) is 0.500. The first-order chi connectivity index (χ1) is 14.2. The zero-order valence-electron chi connectivity index (χ0n) is 17.5. The predicted octanol–water partition coefficient (Wildman–Crippen LogP) is 3.42. The number of rotatable bonds is 11. The van der Waals surface area contributed by atoms with Crippen LogP contribution in [0, 0.1) is 0 Å². The summed E-state index contributed by atoms with van der Waals surface area (Å²) >= 11 is 0. The number of nitrogens with zero attached hydrogens (tertiary/aromatic N) is 2. The van der Waals surface area contributed by atoms with Gasteiger partial charge in [-0.25, -0.2) is 0 Å². The minimum absolute atomic E-state index is 0.286. The number of hydrogen-bond acceptors (Lipinski definition) is 5. The van der Waals surface area contributed by atoms with E-state index in [9.17, 15) is 5.11 Å². The third-order valence-corrected chi connectivity index (χ3v) is 5.18. The Hall–Kier alpha value is -2.08. The van der Waals surface area contributed by atoms with Crippen molar-refractivity contribution in [3.8, 4) is 11.5 Å². The lowest BCUT2D eigenvalue weighted by Crippen LogP contribution is -2.33. The molecule has 1 fully saturated rings. The summed E-state index contributed by atoms with van der Waals surface area (Å²) < 4.78 is 11.6. The molecule has 0 aromatic heterocycles. The van der Waals surface area contributed by atoms with E-state index in [1.54, 1.807) is 0 Å². The number of likely N-dealkylation sites (N-methyl/N-ethyl adjacent to an activating group) is 1. The molecule has 1 aliphatic heterocycles. The van der Waals surface area contributed by atoms with Crippen molar-refractivity contribution in [3.05, 3.63) is 60.2 Å². The predicted molar refractivity (Wildman–Crippen MR) is 117 cm³/mol. The van der Waals surface area contributed by atoms with E-state index in [1.165, 1.54) is 37.9 Å². The van der Waals surface area contributed by atoms with E-state index in [0.29, 0.717) is 6.54 Å². The van der Waals surface area contributed by atoms with Crippen molar-refractivity contribution in [2.45, 2.75) is 31.9 Å². The van der Waals surface area contributed by atoms with Crippen LogP contribution in [0.2, 0.25) is 0 Å². The van der Waals surface area contributed by atoms with Crippen LogP contribution in [0.1, 0.15) is 24.8 Å². The summed E-state index contributed by atoms with van der Waals surface area (Å²) in [5.41, 5.74) is 1.18. The first-order valence-corrected chi connectivity index (χ1v) is 10.7. The van der Waals surface area contributed by atoms with Gasteiger partial charge >= 0.3 is 0 Å². The summed E-state index contributed by atoms with van der Waals surface area (Å²) in [6, 6.07) is 17.8. The first-order valence-electron chi connectivity index (χ1n) is 10.7. The lowest BCUT2D eigenvalue weighted by molar-refractivity contribution is 0.0744. The summed E-state index contributed by atoms with van der Waals surface area (Å²) in [7, 11) is 2.01. The van der Waals surface area contributed by atoms with Crippen LogP contribution in [-0.4, -0.2) is 67.5 Å². The standard InChI is InChI=1S/C24H34N2O3/c1-25(19-22(27)20-29-23-10-4-2-5-11-23)18-21-9-8-12-24(17-21)28-16-15-26-13-6-3-7-14-26/h2,4-5,8-12,17,22,27H,3,6-7,13-16,18-20H2,1H3/t22-/m1/s1. The molecule has 1 N–H and O–H groups in total. The van der Waals surface area contributed by atoms with E-state index in [2.05, 4.69) is 21.9 Å². The molecule has 1 heterocycles. The Kier molecular flexibility index (Phi) is 8.81. The molecule has 5 nitrogen and oxygen atoms in total. The van der Waals surface area contributed by atoms with Crippen molar-refractivity contribution in [1.29, 1.82) is 0 Å². The van der Waals surface area contributed by atoms with E-state index in [4.69, 9.17) is 9.47 Å². The van der Waals surface area contributed by atoms with Crippen LogP contribution in [0.4, 0.5) is 0 Å². The zero-order chi connectivity index (χ0) is 20.3.